The zero-order chi connectivity index (χ0) is 25.8. The third kappa shape index (κ3) is 9.85. The molecule has 3 rings (SSSR count). The van der Waals surface area contributed by atoms with Crippen molar-refractivity contribution in [2.75, 3.05) is 19.6 Å². The van der Waals surface area contributed by atoms with Crippen LogP contribution in [0.15, 0.2) is 30.3 Å². The van der Waals surface area contributed by atoms with E-state index in [9.17, 15) is 9.59 Å². The summed E-state index contributed by atoms with van der Waals surface area (Å²) in [7, 11) is 0. The number of nitrogens with one attached hydrogen (secondary N) is 2. The molecule has 0 radical (unpaired) electrons. The summed E-state index contributed by atoms with van der Waals surface area (Å²) in [6.07, 6.45) is 12.9. The fourth-order valence-corrected chi connectivity index (χ4v) is 6.00. The van der Waals surface area contributed by atoms with Gasteiger partial charge >= 0.3 is 0 Å². The minimum absolute atomic E-state index is 0.0224. The summed E-state index contributed by atoms with van der Waals surface area (Å²) in [5, 5.41) is 6.43. The third-order valence-corrected chi connectivity index (χ3v) is 7.91. The molecule has 2 aliphatic rings. The van der Waals surface area contributed by atoms with Gasteiger partial charge in [-0.3, -0.25) is 14.5 Å². The van der Waals surface area contributed by atoms with E-state index in [0.29, 0.717) is 18.4 Å². The van der Waals surface area contributed by atoms with Crippen molar-refractivity contribution in [3.63, 3.8) is 0 Å². The van der Waals surface area contributed by atoms with Crippen LogP contribution < -0.4 is 16.4 Å². The fraction of sp³-hybridized carbons (Fsp3) is 0.733. The standard InChI is InChI=1S/C30H50N4O2/c1-23(2)20-26(33-29(35)27(31)21-25-15-7-4-8-16-25)22-34-19-11-17-28(34)30(36)32-18-10-9-14-24-12-5-3-6-13-24/h3,5-6,12-13,23,25-28H,4,7-11,14-22,31H2,1-2H3,(H,32,36)(H,33,35)/t26-,27+,28+/m1/s1. The molecular weight excluding hydrogens is 448 g/mol. The summed E-state index contributed by atoms with van der Waals surface area (Å²) in [6, 6.07) is 10.00. The molecule has 1 aromatic rings. The van der Waals surface area contributed by atoms with E-state index in [1.807, 2.05) is 6.07 Å². The lowest BCUT2D eigenvalue weighted by Gasteiger charge is -2.31. The van der Waals surface area contributed by atoms with Crippen LogP contribution in [-0.4, -0.2) is 54.5 Å². The molecule has 1 aliphatic carbocycles. The van der Waals surface area contributed by atoms with E-state index in [4.69, 9.17) is 5.73 Å². The van der Waals surface area contributed by atoms with Gasteiger partial charge in [-0.25, -0.2) is 0 Å². The van der Waals surface area contributed by atoms with E-state index >= 15 is 0 Å². The molecule has 202 valence electrons. The maximum absolute atomic E-state index is 13.0. The van der Waals surface area contributed by atoms with Crippen LogP contribution in [0, 0.1) is 11.8 Å². The zero-order valence-corrected chi connectivity index (χ0v) is 22.7. The smallest absolute Gasteiger partial charge is 0.237 e. The Hall–Kier alpha value is -1.92. The van der Waals surface area contributed by atoms with Crippen molar-refractivity contribution in [1.29, 1.82) is 0 Å². The van der Waals surface area contributed by atoms with Gasteiger partial charge in [0.25, 0.3) is 0 Å². The van der Waals surface area contributed by atoms with Gasteiger partial charge in [-0.2, -0.15) is 0 Å². The molecule has 1 aliphatic heterocycles. The minimum atomic E-state index is -0.434. The van der Waals surface area contributed by atoms with Gasteiger partial charge in [-0.05, 0) is 68.9 Å². The molecule has 2 fully saturated rings. The number of unbranched alkanes of at least 4 members (excludes halogenated alkanes) is 1. The molecule has 0 bridgehead atoms. The summed E-state index contributed by atoms with van der Waals surface area (Å²) in [5.41, 5.74) is 7.69. The second kappa shape index (κ2) is 15.4. The largest absolute Gasteiger partial charge is 0.355 e. The predicted octanol–water partition coefficient (Wildman–Crippen LogP) is 4.42. The Morgan fingerprint density at radius 2 is 1.78 bits per heavy atom. The SMILES string of the molecule is CC(C)C[C@H](CN1CCC[C@H]1C(=O)NCCCCc1ccccc1)NC(=O)[C@@H](N)CC1CCCCC1. The highest BCUT2D eigenvalue weighted by atomic mass is 16.2. The van der Waals surface area contributed by atoms with Gasteiger partial charge in [-0.15, -0.1) is 0 Å². The maximum atomic E-state index is 13.0. The molecule has 6 nitrogen and oxygen atoms in total. The molecule has 1 aromatic carbocycles. The Morgan fingerprint density at radius 3 is 2.50 bits per heavy atom. The average Bonchev–Trinajstić information content (AvgIpc) is 3.32. The van der Waals surface area contributed by atoms with Gasteiger partial charge < -0.3 is 16.4 Å². The Morgan fingerprint density at radius 1 is 1.03 bits per heavy atom. The highest BCUT2D eigenvalue weighted by Gasteiger charge is 2.33. The van der Waals surface area contributed by atoms with Crippen LogP contribution in [-0.2, 0) is 16.0 Å². The highest BCUT2D eigenvalue weighted by molar-refractivity contribution is 5.82. The van der Waals surface area contributed by atoms with Gasteiger partial charge in [0.05, 0.1) is 12.1 Å². The monoisotopic (exact) mass is 498 g/mol. The highest BCUT2D eigenvalue weighted by Crippen LogP contribution is 2.27. The van der Waals surface area contributed by atoms with Gasteiger partial charge in [-0.1, -0.05) is 76.3 Å². The number of aryl methyl sites for hydroxylation is 1. The van der Waals surface area contributed by atoms with Crippen LogP contribution >= 0.6 is 0 Å². The third-order valence-electron chi connectivity index (χ3n) is 7.91. The van der Waals surface area contributed by atoms with Crippen molar-refractivity contribution in [3.05, 3.63) is 35.9 Å². The van der Waals surface area contributed by atoms with Crippen molar-refractivity contribution in [2.45, 2.75) is 109 Å². The number of hydrogen-bond donors (Lipinski definition) is 3. The first kappa shape index (κ1) is 28.6. The van der Waals surface area contributed by atoms with Gasteiger partial charge in [0.15, 0.2) is 0 Å². The lowest BCUT2D eigenvalue weighted by Crippen LogP contribution is -2.53. The van der Waals surface area contributed by atoms with Crippen LogP contribution in [0.2, 0.25) is 0 Å². The van der Waals surface area contributed by atoms with Crippen LogP contribution in [0.5, 0.6) is 0 Å². The Bertz CT molecular complexity index is 778. The van der Waals surface area contributed by atoms with Crippen molar-refractivity contribution < 1.29 is 9.59 Å². The normalized spacial score (nSPS) is 20.8. The number of rotatable bonds is 14. The molecule has 1 saturated heterocycles. The molecule has 1 heterocycles. The quantitative estimate of drug-likeness (QED) is 0.331. The molecule has 2 amide bonds. The van der Waals surface area contributed by atoms with Crippen LogP contribution in [0.4, 0.5) is 0 Å². The first-order valence-corrected chi connectivity index (χ1v) is 14.5. The number of benzene rings is 1. The maximum Gasteiger partial charge on any atom is 0.237 e. The summed E-state index contributed by atoms with van der Waals surface area (Å²) >= 11 is 0. The van der Waals surface area contributed by atoms with Crippen molar-refractivity contribution >= 4 is 11.8 Å². The summed E-state index contributed by atoms with van der Waals surface area (Å²) in [6.45, 7) is 6.71. The first-order chi connectivity index (χ1) is 17.4. The zero-order valence-electron chi connectivity index (χ0n) is 22.7. The van der Waals surface area contributed by atoms with E-state index in [2.05, 4.69) is 53.6 Å². The summed E-state index contributed by atoms with van der Waals surface area (Å²) < 4.78 is 0. The number of carbonyl (C=O) groups is 2. The number of nitrogens with two attached hydrogens (primary N) is 1. The van der Waals surface area contributed by atoms with Gasteiger partial charge in [0, 0.05) is 19.1 Å². The van der Waals surface area contributed by atoms with Gasteiger partial charge in [0.1, 0.15) is 0 Å². The molecule has 3 atom stereocenters. The topological polar surface area (TPSA) is 87.5 Å². The van der Waals surface area contributed by atoms with Crippen molar-refractivity contribution in [2.24, 2.45) is 17.6 Å². The molecule has 0 spiro atoms. The van der Waals surface area contributed by atoms with Crippen LogP contribution in [0.25, 0.3) is 0 Å². The van der Waals surface area contributed by atoms with E-state index in [0.717, 1.165) is 58.0 Å². The number of nitrogens with zero attached hydrogens (tertiary/aromatic N) is 1. The van der Waals surface area contributed by atoms with Crippen molar-refractivity contribution in [1.82, 2.24) is 15.5 Å². The van der Waals surface area contributed by atoms with Crippen molar-refractivity contribution in [3.8, 4) is 0 Å². The van der Waals surface area contributed by atoms with E-state index in [1.54, 1.807) is 0 Å². The average molecular weight is 499 g/mol. The number of likely N-dealkylation sites (tertiary alicyclic amines) is 1. The Labute approximate surface area is 219 Å². The Balaban J connectivity index is 1.43. The molecule has 6 heteroatoms. The predicted molar refractivity (Wildman–Crippen MR) is 148 cm³/mol. The summed E-state index contributed by atoms with van der Waals surface area (Å²) in [4.78, 5) is 28.2. The van der Waals surface area contributed by atoms with Crippen LogP contribution in [0.3, 0.4) is 0 Å². The summed E-state index contributed by atoms with van der Waals surface area (Å²) in [5.74, 6) is 1.16. The van der Waals surface area contributed by atoms with Crippen LogP contribution in [0.1, 0.15) is 90.0 Å². The number of hydrogen-bond acceptors (Lipinski definition) is 4. The molecular formula is C30H50N4O2. The first-order valence-electron chi connectivity index (χ1n) is 14.5. The molecule has 36 heavy (non-hydrogen) atoms. The van der Waals surface area contributed by atoms with E-state index < -0.39 is 6.04 Å². The molecule has 4 N–H and O–H groups in total. The second-order valence-corrected chi connectivity index (χ2v) is 11.6. The fourth-order valence-electron chi connectivity index (χ4n) is 6.00. The molecule has 1 saturated carbocycles. The van der Waals surface area contributed by atoms with E-state index in [1.165, 1.54) is 37.7 Å². The lowest BCUT2D eigenvalue weighted by molar-refractivity contribution is -0.125. The minimum Gasteiger partial charge on any atom is -0.355 e. The lowest BCUT2D eigenvalue weighted by atomic mass is 9.85. The molecule has 0 unspecified atom stereocenters. The van der Waals surface area contributed by atoms with Gasteiger partial charge in [0.2, 0.25) is 11.8 Å². The Kier molecular flexibility index (Phi) is 12.2. The number of carbonyl (C=O) groups excluding carboxylic acids is 2. The van der Waals surface area contributed by atoms with E-state index in [-0.39, 0.29) is 23.9 Å². The number of amides is 2. The second-order valence-electron chi connectivity index (χ2n) is 11.6. The molecule has 0 aromatic heterocycles.